The van der Waals surface area contributed by atoms with Crippen LogP contribution in [0, 0.1) is 0 Å². The van der Waals surface area contributed by atoms with Gasteiger partial charge < -0.3 is 0 Å². The van der Waals surface area contributed by atoms with E-state index in [1.165, 1.54) is 11.1 Å². The van der Waals surface area contributed by atoms with Crippen molar-refractivity contribution < 1.29 is 4.63 Å². The first-order valence-corrected chi connectivity index (χ1v) is 2.64. The average molecular weight is 140 g/mol. The lowest BCUT2D eigenvalue weighted by Gasteiger charge is -1.85. The third kappa shape index (κ3) is 0.750. The molecule has 6 nitrogen and oxygen atoms in total. The first-order chi connectivity index (χ1) is 4.86. The van der Waals surface area contributed by atoms with E-state index in [1.54, 1.807) is 6.07 Å². The lowest BCUT2D eigenvalue weighted by atomic mass is 10.6. The average Bonchev–Trinajstić information content (AvgIpc) is 2.68. The van der Waals surface area contributed by atoms with E-state index in [4.69, 9.17) is 0 Å². The molecule has 6 heteroatoms. The summed E-state index contributed by atoms with van der Waals surface area (Å²) in [5.41, 5.74) is -0.394. The molecule has 2 rings (SSSR count). The predicted molar refractivity (Wildman–Crippen MR) is 30.8 cm³/mol. The summed E-state index contributed by atoms with van der Waals surface area (Å²) in [6, 6.07) is 1.61. The van der Waals surface area contributed by atoms with Crippen molar-refractivity contribution in [1.29, 1.82) is 0 Å². The van der Waals surface area contributed by atoms with Crippen LogP contribution in [0.1, 0.15) is 0 Å². The monoisotopic (exact) mass is 140 g/mol. The smallest absolute Gasteiger partial charge is 0.288 e. The van der Waals surface area contributed by atoms with Crippen LogP contribution in [0.3, 0.4) is 0 Å². The van der Waals surface area contributed by atoms with Crippen molar-refractivity contribution in [2.75, 3.05) is 0 Å². The molecule has 0 fully saturated rings. The van der Waals surface area contributed by atoms with E-state index in [0.717, 1.165) is 0 Å². The number of H-pyrrole nitrogens is 2. The van der Waals surface area contributed by atoms with Crippen molar-refractivity contribution in [2.45, 2.75) is 0 Å². The lowest BCUT2D eigenvalue weighted by molar-refractivity contribution is 0.496. The molecule has 0 saturated carbocycles. The fraction of sp³-hybridized carbons (Fsp3) is 0. The lowest BCUT2D eigenvalue weighted by Crippen LogP contribution is -2.10. The van der Waals surface area contributed by atoms with Crippen molar-refractivity contribution in [3.05, 3.63) is 22.7 Å². The SMILES string of the molecule is O=c1nccc(-n2[nH]o2)[nH]1. The molecule has 2 aromatic heterocycles. The maximum absolute atomic E-state index is 10.5. The molecule has 0 unspecified atom stereocenters. The Morgan fingerprint density at radius 2 is 2.50 bits per heavy atom. The van der Waals surface area contributed by atoms with Crippen LogP contribution in [-0.2, 0) is 0 Å². The molecule has 0 amide bonds. The Kier molecular flexibility index (Phi) is 0.830. The van der Waals surface area contributed by atoms with Crippen LogP contribution >= 0.6 is 0 Å². The number of hydrogen-bond donors (Lipinski definition) is 2. The summed E-state index contributed by atoms with van der Waals surface area (Å²) in [6.07, 6.45) is 1.40. The van der Waals surface area contributed by atoms with E-state index in [9.17, 15) is 4.79 Å². The standard InChI is InChI=1S/C4H4N4O2/c9-4-5-2-1-3(6-4)8-7-10-8/h1-2,7H,(H,5,6,9). The number of aromatic amines is 2. The molecule has 0 aliphatic heterocycles. The fourth-order valence-corrected chi connectivity index (χ4v) is 0.596. The van der Waals surface area contributed by atoms with Crippen LogP contribution in [0.15, 0.2) is 21.7 Å². The normalized spacial score (nSPS) is 10.4. The minimum atomic E-state index is -0.394. The molecule has 0 saturated heterocycles. The van der Waals surface area contributed by atoms with Crippen molar-refractivity contribution >= 4 is 0 Å². The third-order valence-electron chi connectivity index (χ3n) is 1.06. The highest BCUT2D eigenvalue weighted by atomic mass is 16.7. The summed E-state index contributed by atoms with van der Waals surface area (Å²) in [5.74, 6) is 0.542. The van der Waals surface area contributed by atoms with Gasteiger partial charge in [-0.1, -0.05) is 5.27 Å². The topological polar surface area (TPSA) is 79.6 Å². The summed E-state index contributed by atoms with van der Waals surface area (Å²) in [4.78, 5) is 17.7. The zero-order valence-corrected chi connectivity index (χ0v) is 4.87. The van der Waals surface area contributed by atoms with E-state index >= 15 is 0 Å². The van der Waals surface area contributed by atoms with Gasteiger partial charge in [0.1, 0.15) is 0 Å². The van der Waals surface area contributed by atoms with Crippen LogP contribution in [0.25, 0.3) is 5.82 Å². The van der Waals surface area contributed by atoms with Crippen molar-refractivity contribution in [3.63, 3.8) is 0 Å². The molecule has 0 atom stereocenters. The molecule has 10 heavy (non-hydrogen) atoms. The Morgan fingerprint density at radius 1 is 1.70 bits per heavy atom. The van der Waals surface area contributed by atoms with E-state index in [1.807, 2.05) is 0 Å². The minimum absolute atomic E-state index is 0.394. The third-order valence-corrected chi connectivity index (χ3v) is 1.06. The highest BCUT2D eigenvalue weighted by molar-refractivity contribution is 5.12. The second kappa shape index (κ2) is 1.63. The molecule has 0 aliphatic carbocycles. The molecule has 0 bridgehead atoms. The highest BCUT2D eigenvalue weighted by Gasteiger charge is 2.01. The minimum Gasteiger partial charge on any atom is -0.288 e. The summed E-state index contributed by atoms with van der Waals surface area (Å²) < 4.78 is 4.53. The van der Waals surface area contributed by atoms with E-state index in [0.29, 0.717) is 5.82 Å². The van der Waals surface area contributed by atoms with E-state index < -0.39 is 5.69 Å². The Hall–Kier alpha value is -1.72. The molecule has 0 aromatic carbocycles. The fourth-order valence-electron chi connectivity index (χ4n) is 0.596. The first-order valence-electron chi connectivity index (χ1n) is 2.64. The summed E-state index contributed by atoms with van der Waals surface area (Å²) in [6.45, 7) is 0. The van der Waals surface area contributed by atoms with Gasteiger partial charge in [0.25, 0.3) is 0 Å². The zero-order chi connectivity index (χ0) is 6.97. The molecule has 2 N–H and O–H groups in total. The molecule has 2 aromatic rings. The van der Waals surface area contributed by atoms with Gasteiger partial charge in [0.2, 0.25) is 0 Å². The van der Waals surface area contributed by atoms with Gasteiger partial charge in [-0.05, 0) is 4.85 Å². The van der Waals surface area contributed by atoms with Gasteiger partial charge in [0.05, 0.1) is 0 Å². The Bertz CT molecular complexity index is 356. The number of nitrogens with zero attached hydrogens (tertiary/aromatic N) is 2. The van der Waals surface area contributed by atoms with Gasteiger partial charge >= 0.3 is 5.69 Å². The summed E-state index contributed by atoms with van der Waals surface area (Å²) in [7, 11) is 0. The number of rotatable bonds is 1. The first kappa shape index (κ1) is 5.10. The number of aromatic nitrogens is 4. The number of nitrogens with one attached hydrogen (secondary N) is 2. The van der Waals surface area contributed by atoms with Crippen molar-refractivity contribution in [2.24, 2.45) is 0 Å². The van der Waals surface area contributed by atoms with E-state index in [-0.39, 0.29) is 0 Å². The van der Waals surface area contributed by atoms with Crippen LogP contribution in [0.5, 0.6) is 0 Å². The van der Waals surface area contributed by atoms with Gasteiger partial charge in [-0.15, -0.1) is 0 Å². The Labute approximate surface area is 54.4 Å². The van der Waals surface area contributed by atoms with Gasteiger partial charge in [0, 0.05) is 12.3 Å². The van der Waals surface area contributed by atoms with Crippen LogP contribution < -0.4 is 5.69 Å². The molecule has 0 aliphatic rings. The maximum atomic E-state index is 10.5. The van der Waals surface area contributed by atoms with Crippen molar-refractivity contribution in [3.8, 4) is 5.82 Å². The number of hydrogen-bond acceptors (Lipinski definition) is 3. The Balaban J connectivity index is 2.56. The second-order valence-corrected chi connectivity index (χ2v) is 1.74. The van der Waals surface area contributed by atoms with Gasteiger partial charge in [-0.3, -0.25) is 9.61 Å². The van der Waals surface area contributed by atoms with Crippen LogP contribution in [-0.4, -0.2) is 20.1 Å². The maximum Gasteiger partial charge on any atom is 0.346 e. The quantitative estimate of drug-likeness (QED) is 0.559. The Morgan fingerprint density at radius 3 is 3.10 bits per heavy atom. The predicted octanol–water partition coefficient (Wildman–Crippen LogP) is -0.518. The molecule has 52 valence electrons. The summed E-state index contributed by atoms with van der Waals surface area (Å²) >= 11 is 0. The summed E-state index contributed by atoms with van der Waals surface area (Å²) in [5, 5.41) is 2.41. The molecule has 0 radical (unpaired) electrons. The second-order valence-electron chi connectivity index (χ2n) is 1.74. The zero-order valence-electron chi connectivity index (χ0n) is 4.87. The highest BCUT2D eigenvalue weighted by Crippen LogP contribution is 1.97. The van der Waals surface area contributed by atoms with Crippen LogP contribution in [0.4, 0.5) is 0 Å². The van der Waals surface area contributed by atoms with Crippen LogP contribution in [0.2, 0.25) is 0 Å². The van der Waals surface area contributed by atoms with Gasteiger partial charge in [-0.2, -0.15) is 0 Å². The largest absolute Gasteiger partial charge is 0.346 e. The van der Waals surface area contributed by atoms with Gasteiger partial charge in [-0.25, -0.2) is 9.78 Å². The molecule has 0 spiro atoms. The van der Waals surface area contributed by atoms with Gasteiger partial charge in [0.15, 0.2) is 5.82 Å². The van der Waals surface area contributed by atoms with E-state index in [2.05, 4.69) is 19.9 Å². The molecular formula is C4H4N4O2. The molecule has 2 heterocycles. The molecular weight excluding hydrogens is 136 g/mol. The van der Waals surface area contributed by atoms with Crippen molar-refractivity contribution in [1.82, 2.24) is 20.1 Å².